The van der Waals surface area contributed by atoms with E-state index in [0.717, 1.165) is 82.6 Å². The van der Waals surface area contributed by atoms with E-state index in [-0.39, 0.29) is 30.7 Å². The molecule has 142 valence electrons. The van der Waals surface area contributed by atoms with E-state index in [4.69, 9.17) is 9.72 Å². The first-order chi connectivity index (χ1) is 11.3. The first kappa shape index (κ1) is 20.7. The molecule has 9 heteroatoms. The Hall–Kier alpha value is -0.600. The van der Waals surface area contributed by atoms with Gasteiger partial charge < -0.3 is 19.9 Å². The number of carbonyl (C=O) groups excluding carboxylic acids is 1. The Morgan fingerprint density at radius 2 is 1.88 bits per heavy atom. The number of fused-ring (bicyclic) bond motifs is 1. The third-order valence-electron chi connectivity index (χ3n) is 4.99. The highest BCUT2D eigenvalue weighted by Gasteiger charge is 2.31. The number of nitrogens with one attached hydrogen (secondary N) is 1. The molecule has 2 saturated heterocycles. The van der Waals surface area contributed by atoms with Gasteiger partial charge in [-0.25, -0.2) is 4.98 Å². The monoisotopic (exact) mass is 408 g/mol. The lowest BCUT2D eigenvalue weighted by atomic mass is 9.89. The smallest absolute Gasteiger partial charge is 0.226 e. The Morgan fingerprint density at radius 3 is 2.60 bits per heavy atom. The van der Waals surface area contributed by atoms with E-state index in [1.54, 1.807) is 0 Å². The minimum absolute atomic E-state index is 0. The second-order valence-electron chi connectivity index (χ2n) is 6.48. The fourth-order valence-corrected chi connectivity index (χ4v) is 4.76. The van der Waals surface area contributed by atoms with Gasteiger partial charge in [-0.2, -0.15) is 0 Å². The number of anilines is 1. The number of piperazine rings is 1. The predicted molar refractivity (Wildman–Crippen MR) is 105 cm³/mol. The number of carbonyl (C=O) groups is 1. The summed E-state index contributed by atoms with van der Waals surface area (Å²) < 4.78 is 5.42. The van der Waals surface area contributed by atoms with Gasteiger partial charge in [0.25, 0.3) is 0 Å². The Morgan fingerprint density at radius 1 is 1.16 bits per heavy atom. The molecule has 1 unspecified atom stereocenters. The standard InChI is InChI=1S/C16H24N4O2S.2ClH/c21-15(19-5-3-17-4-6-19)12-1-2-14-13(11-12)18-16(23-14)20-7-9-22-10-8-20;;/h12,17H,1-11H2;2*1H. The van der Waals surface area contributed by atoms with Crippen molar-refractivity contribution >= 4 is 47.2 Å². The van der Waals surface area contributed by atoms with E-state index in [1.165, 1.54) is 4.88 Å². The molecule has 0 spiro atoms. The van der Waals surface area contributed by atoms with Crippen molar-refractivity contribution in [2.75, 3.05) is 57.4 Å². The molecule has 1 atom stereocenters. The van der Waals surface area contributed by atoms with Crippen molar-refractivity contribution in [2.24, 2.45) is 5.92 Å². The van der Waals surface area contributed by atoms with Gasteiger partial charge in [-0.15, -0.1) is 36.2 Å². The number of amides is 1. The fourth-order valence-electron chi connectivity index (χ4n) is 3.61. The van der Waals surface area contributed by atoms with E-state index in [1.807, 2.05) is 16.2 Å². The molecule has 1 aliphatic carbocycles. The first-order valence-electron chi connectivity index (χ1n) is 8.62. The van der Waals surface area contributed by atoms with Gasteiger partial charge in [0.15, 0.2) is 5.13 Å². The van der Waals surface area contributed by atoms with Crippen molar-refractivity contribution in [1.29, 1.82) is 0 Å². The highest BCUT2D eigenvalue weighted by Crippen LogP contribution is 2.34. The summed E-state index contributed by atoms with van der Waals surface area (Å²) in [7, 11) is 0. The summed E-state index contributed by atoms with van der Waals surface area (Å²) >= 11 is 1.82. The van der Waals surface area contributed by atoms with Crippen LogP contribution in [0.3, 0.4) is 0 Å². The molecule has 25 heavy (non-hydrogen) atoms. The lowest BCUT2D eigenvalue weighted by Crippen LogP contribution is -2.49. The van der Waals surface area contributed by atoms with Crippen molar-refractivity contribution in [3.8, 4) is 0 Å². The number of aromatic nitrogens is 1. The number of hydrogen-bond acceptors (Lipinski definition) is 6. The molecular formula is C16H26Cl2N4O2S. The van der Waals surface area contributed by atoms with Crippen LogP contribution in [-0.4, -0.2) is 68.3 Å². The molecule has 1 aromatic rings. The van der Waals surface area contributed by atoms with Gasteiger partial charge in [0.1, 0.15) is 0 Å². The van der Waals surface area contributed by atoms with Crippen LogP contribution in [0.25, 0.3) is 0 Å². The first-order valence-corrected chi connectivity index (χ1v) is 9.43. The van der Waals surface area contributed by atoms with Crippen molar-refractivity contribution in [3.63, 3.8) is 0 Å². The van der Waals surface area contributed by atoms with E-state index >= 15 is 0 Å². The fraction of sp³-hybridized carbons (Fsp3) is 0.750. The summed E-state index contributed by atoms with van der Waals surface area (Å²) in [4.78, 5) is 23.3. The van der Waals surface area contributed by atoms with Crippen molar-refractivity contribution in [1.82, 2.24) is 15.2 Å². The Labute approximate surface area is 165 Å². The predicted octanol–water partition coefficient (Wildman–Crippen LogP) is 1.36. The van der Waals surface area contributed by atoms with Gasteiger partial charge in [-0.1, -0.05) is 0 Å². The van der Waals surface area contributed by atoms with Crippen molar-refractivity contribution in [3.05, 3.63) is 10.6 Å². The topological polar surface area (TPSA) is 57.7 Å². The molecule has 1 N–H and O–H groups in total. The summed E-state index contributed by atoms with van der Waals surface area (Å²) in [5, 5.41) is 4.43. The van der Waals surface area contributed by atoms with Crippen LogP contribution in [0.1, 0.15) is 17.0 Å². The number of aryl methyl sites for hydroxylation is 1. The maximum absolute atomic E-state index is 12.7. The second kappa shape index (κ2) is 9.37. The molecule has 4 rings (SSSR count). The van der Waals surface area contributed by atoms with Gasteiger partial charge >= 0.3 is 0 Å². The molecule has 0 saturated carbocycles. The molecule has 2 fully saturated rings. The number of hydrogen-bond donors (Lipinski definition) is 1. The lowest BCUT2D eigenvalue weighted by molar-refractivity contribution is -0.136. The normalized spacial score (nSPS) is 23.3. The zero-order valence-corrected chi connectivity index (χ0v) is 16.7. The molecule has 0 bridgehead atoms. The molecule has 3 aliphatic rings. The van der Waals surface area contributed by atoms with Crippen LogP contribution < -0.4 is 10.2 Å². The number of rotatable bonds is 2. The summed E-state index contributed by atoms with van der Waals surface area (Å²) in [6.45, 7) is 6.95. The Kier molecular flexibility index (Phi) is 7.76. The van der Waals surface area contributed by atoms with Gasteiger partial charge in [0, 0.05) is 56.5 Å². The van der Waals surface area contributed by atoms with E-state index in [2.05, 4.69) is 10.2 Å². The van der Waals surface area contributed by atoms with Crippen LogP contribution in [-0.2, 0) is 22.4 Å². The molecule has 2 aliphatic heterocycles. The zero-order chi connectivity index (χ0) is 15.6. The van der Waals surface area contributed by atoms with Gasteiger partial charge in [0.05, 0.1) is 18.9 Å². The van der Waals surface area contributed by atoms with Gasteiger partial charge in [-0.05, 0) is 12.8 Å². The number of ether oxygens (including phenoxy) is 1. The minimum atomic E-state index is 0. The van der Waals surface area contributed by atoms with E-state index in [0.29, 0.717) is 5.91 Å². The molecule has 3 heterocycles. The lowest BCUT2D eigenvalue weighted by Gasteiger charge is -2.32. The molecule has 6 nitrogen and oxygen atoms in total. The molecule has 0 aromatic carbocycles. The maximum Gasteiger partial charge on any atom is 0.226 e. The van der Waals surface area contributed by atoms with Crippen molar-refractivity contribution < 1.29 is 9.53 Å². The quantitative estimate of drug-likeness (QED) is 0.800. The van der Waals surface area contributed by atoms with Gasteiger partial charge in [0.2, 0.25) is 5.91 Å². The average molecular weight is 409 g/mol. The summed E-state index contributed by atoms with van der Waals surface area (Å²) in [5.41, 5.74) is 1.16. The highest BCUT2D eigenvalue weighted by atomic mass is 35.5. The minimum Gasteiger partial charge on any atom is -0.378 e. The number of halogens is 2. The molecular weight excluding hydrogens is 383 g/mol. The van der Waals surface area contributed by atoms with Crippen molar-refractivity contribution in [2.45, 2.75) is 19.3 Å². The SMILES string of the molecule is Cl.Cl.O=C(C1CCc2sc(N3CCOCC3)nc2C1)N1CCNCC1. The number of thiazole rings is 1. The Balaban J connectivity index is 0.00000113. The summed E-state index contributed by atoms with van der Waals surface area (Å²) in [6, 6.07) is 0. The highest BCUT2D eigenvalue weighted by molar-refractivity contribution is 7.15. The molecule has 1 amide bonds. The molecule has 1 aromatic heterocycles. The maximum atomic E-state index is 12.7. The second-order valence-corrected chi connectivity index (χ2v) is 7.54. The number of nitrogens with zero attached hydrogens (tertiary/aromatic N) is 3. The summed E-state index contributed by atoms with van der Waals surface area (Å²) in [5.74, 6) is 0.457. The van der Waals surface area contributed by atoms with Crippen LogP contribution in [0.2, 0.25) is 0 Å². The number of morpholine rings is 1. The zero-order valence-electron chi connectivity index (χ0n) is 14.2. The van der Waals surface area contributed by atoms with Crippen LogP contribution >= 0.6 is 36.2 Å². The van der Waals surface area contributed by atoms with Crippen LogP contribution in [0.5, 0.6) is 0 Å². The van der Waals surface area contributed by atoms with E-state index in [9.17, 15) is 4.79 Å². The third kappa shape index (κ3) is 4.57. The largest absolute Gasteiger partial charge is 0.378 e. The molecule has 0 radical (unpaired) electrons. The van der Waals surface area contributed by atoms with Crippen LogP contribution in [0.4, 0.5) is 5.13 Å². The van der Waals surface area contributed by atoms with Crippen LogP contribution in [0.15, 0.2) is 0 Å². The summed E-state index contributed by atoms with van der Waals surface area (Å²) in [6.07, 6.45) is 2.79. The average Bonchev–Trinajstić information content (AvgIpc) is 3.06. The Bertz CT molecular complexity index is 574. The van der Waals surface area contributed by atoms with E-state index < -0.39 is 0 Å². The third-order valence-corrected chi connectivity index (χ3v) is 6.20. The van der Waals surface area contributed by atoms with Gasteiger partial charge in [-0.3, -0.25) is 4.79 Å². The van der Waals surface area contributed by atoms with Crippen LogP contribution in [0, 0.1) is 5.92 Å².